The van der Waals surface area contributed by atoms with Crippen molar-refractivity contribution in [1.29, 1.82) is 0 Å². The Morgan fingerprint density at radius 2 is 1.71 bits per heavy atom. The molecular formula is C29H24N6O3. The number of para-hydroxylation sites is 2. The van der Waals surface area contributed by atoms with Gasteiger partial charge in [0.25, 0.3) is 0 Å². The van der Waals surface area contributed by atoms with Gasteiger partial charge in [0, 0.05) is 16.8 Å². The average Bonchev–Trinajstić information content (AvgIpc) is 3.35. The van der Waals surface area contributed by atoms with Crippen molar-refractivity contribution in [3.63, 3.8) is 0 Å². The number of aromatic nitrogens is 4. The Balaban J connectivity index is 1.43. The zero-order valence-corrected chi connectivity index (χ0v) is 20.3. The maximum Gasteiger partial charge on any atom is 0.250 e. The summed E-state index contributed by atoms with van der Waals surface area (Å²) in [6.45, 7) is 3.81. The van der Waals surface area contributed by atoms with Crippen LogP contribution in [0.15, 0.2) is 97.8 Å². The number of benzene rings is 3. The number of aliphatic hydroxyl groups excluding tert-OH is 1. The first-order chi connectivity index (χ1) is 18.5. The molecule has 1 aliphatic heterocycles. The summed E-state index contributed by atoms with van der Waals surface area (Å²) in [6, 6.07) is 23.6. The quantitative estimate of drug-likeness (QED) is 0.334. The van der Waals surface area contributed by atoms with E-state index in [0.717, 1.165) is 11.3 Å². The molecule has 2 atom stereocenters. The van der Waals surface area contributed by atoms with Crippen LogP contribution in [0.3, 0.4) is 0 Å². The van der Waals surface area contributed by atoms with Crippen LogP contribution in [0.4, 0.5) is 11.5 Å². The number of fused-ring (bicyclic) bond motifs is 2. The van der Waals surface area contributed by atoms with E-state index >= 15 is 0 Å². The molecule has 1 amide bonds. The fraction of sp³-hybridized carbons (Fsp3) is 0.103. The van der Waals surface area contributed by atoms with Crippen LogP contribution >= 0.6 is 0 Å². The van der Waals surface area contributed by atoms with E-state index in [4.69, 9.17) is 15.6 Å². The van der Waals surface area contributed by atoms with E-state index in [1.54, 1.807) is 15.6 Å². The Labute approximate surface area is 218 Å². The predicted molar refractivity (Wildman–Crippen MR) is 145 cm³/mol. The van der Waals surface area contributed by atoms with Gasteiger partial charge in [0.1, 0.15) is 41.5 Å². The Morgan fingerprint density at radius 3 is 2.47 bits per heavy atom. The molecule has 0 saturated carbocycles. The van der Waals surface area contributed by atoms with Gasteiger partial charge in [0.05, 0.1) is 11.9 Å². The molecule has 3 aromatic carbocycles. The topological polar surface area (TPSA) is 119 Å². The summed E-state index contributed by atoms with van der Waals surface area (Å²) < 4.78 is 7.56. The number of carbonyl (C=O) groups is 1. The van der Waals surface area contributed by atoms with Crippen molar-refractivity contribution in [3.05, 3.63) is 103 Å². The van der Waals surface area contributed by atoms with Crippen LogP contribution in [0.25, 0.3) is 22.3 Å². The Morgan fingerprint density at radius 1 is 1.00 bits per heavy atom. The van der Waals surface area contributed by atoms with Crippen molar-refractivity contribution in [2.24, 2.45) is 0 Å². The number of ether oxygens (including phenoxy) is 1. The van der Waals surface area contributed by atoms with Gasteiger partial charge in [-0.15, -0.1) is 0 Å². The second-order valence-electron chi connectivity index (χ2n) is 8.91. The lowest BCUT2D eigenvalue weighted by molar-refractivity contribution is -0.114. The Kier molecular flexibility index (Phi) is 5.82. The zero-order valence-electron chi connectivity index (χ0n) is 20.3. The SMILES string of the molecule is C=CC(=O)N1CC(n2nc(-c3ccc(Oc4ccccc4)cc3)c3c(N)ncnc32)C(O)c2ccccc21. The highest BCUT2D eigenvalue weighted by atomic mass is 16.5. The summed E-state index contributed by atoms with van der Waals surface area (Å²) in [4.78, 5) is 23.0. The molecule has 9 nitrogen and oxygen atoms in total. The molecule has 6 rings (SSSR count). The zero-order chi connectivity index (χ0) is 26.2. The second kappa shape index (κ2) is 9.45. The standard InChI is InChI=1S/C29H24N6O3/c1-2-24(36)34-16-23(27(37)21-10-6-7-11-22(21)34)35-29-25(28(30)31-17-32-29)26(33-35)18-12-14-20(15-13-18)38-19-8-4-3-5-9-19/h2-15,17,23,27,37H,1,16H2,(H2,30,31,32). The van der Waals surface area contributed by atoms with Crippen molar-refractivity contribution in [2.45, 2.75) is 12.1 Å². The minimum Gasteiger partial charge on any atom is -0.457 e. The van der Waals surface area contributed by atoms with E-state index in [2.05, 4.69) is 16.5 Å². The van der Waals surface area contributed by atoms with Crippen LogP contribution < -0.4 is 15.4 Å². The smallest absolute Gasteiger partial charge is 0.250 e. The Hall–Kier alpha value is -5.02. The molecule has 0 saturated heterocycles. The van der Waals surface area contributed by atoms with Crippen LogP contribution in [0, 0.1) is 0 Å². The van der Waals surface area contributed by atoms with Crippen LogP contribution in [-0.2, 0) is 4.79 Å². The first kappa shape index (κ1) is 23.4. The number of nitrogen functional groups attached to an aromatic ring is 1. The lowest BCUT2D eigenvalue weighted by Crippen LogP contribution is -2.42. The van der Waals surface area contributed by atoms with Crippen molar-refractivity contribution in [3.8, 4) is 22.8 Å². The minimum atomic E-state index is -0.936. The summed E-state index contributed by atoms with van der Waals surface area (Å²) in [5.74, 6) is 1.41. The van der Waals surface area contributed by atoms with Gasteiger partial charge in [-0.1, -0.05) is 43.0 Å². The van der Waals surface area contributed by atoms with Crippen molar-refractivity contribution >= 4 is 28.4 Å². The number of carbonyl (C=O) groups excluding carboxylic acids is 1. The maximum atomic E-state index is 12.8. The monoisotopic (exact) mass is 504 g/mol. The van der Waals surface area contributed by atoms with E-state index in [0.29, 0.717) is 33.7 Å². The van der Waals surface area contributed by atoms with Gasteiger partial charge in [0.2, 0.25) is 5.91 Å². The molecule has 3 N–H and O–H groups in total. The fourth-order valence-electron chi connectivity index (χ4n) is 4.84. The summed E-state index contributed by atoms with van der Waals surface area (Å²) in [5.41, 5.74) is 9.38. The molecule has 9 heteroatoms. The largest absolute Gasteiger partial charge is 0.457 e. The number of nitrogens with zero attached hydrogens (tertiary/aromatic N) is 5. The number of amides is 1. The van der Waals surface area contributed by atoms with Gasteiger partial charge in [-0.3, -0.25) is 4.79 Å². The van der Waals surface area contributed by atoms with Gasteiger partial charge in [0.15, 0.2) is 5.65 Å². The molecule has 2 unspecified atom stereocenters. The summed E-state index contributed by atoms with van der Waals surface area (Å²) in [6.07, 6.45) is 1.69. The first-order valence-electron chi connectivity index (χ1n) is 12.1. The highest BCUT2D eigenvalue weighted by Crippen LogP contribution is 2.42. The lowest BCUT2D eigenvalue weighted by Gasteiger charge is -2.37. The van der Waals surface area contributed by atoms with E-state index in [1.807, 2.05) is 72.8 Å². The fourth-order valence-corrected chi connectivity index (χ4v) is 4.84. The number of nitrogens with two attached hydrogens (primary N) is 1. The van der Waals surface area contributed by atoms with E-state index in [1.165, 1.54) is 12.4 Å². The second-order valence-corrected chi connectivity index (χ2v) is 8.91. The van der Waals surface area contributed by atoms with Crippen LogP contribution in [0.2, 0.25) is 0 Å². The Bertz CT molecular complexity index is 1650. The van der Waals surface area contributed by atoms with Crippen LogP contribution in [-0.4, -0.2) is 37.3 Å². The summed E-state index contributed by atoms with van der Waals surface area (Å²) >= 11 is 0. The molecule has 38 heavy (non-hydrogen) atoms. The van der Waals surface area contributed by atoms with E-state index in [-0.39, 0.29) is 18.3 Å². The molecule has 3 heterocycles. The summed E-state index contributed by atoms with van der Waals surface area (Å²) in [7, 11) is 0. The maximum absolute atomic E-state index is 12.8. The molecule has 188 valence electrons. The first-order valence-corrected chi connectivity index (χ1v) is 12.1. The van der Waals surface area contributed by atoms with E-state index < -0.39 is 12.1 Å². The van der Waals surface area contributed by atoms with Crippen LogP contribution in [0.1, 0.15) is 17.7 Å². The average molecular weight is 505 g/mol. The number of anilines is 2. The highest BCUT2D eigenvalue weighted by Gasteiger charge is 2.37. The van der Waals surface area contributed by atoms with Crippen molar-refractivity contribution in [2.75, 3.05) is 17.2 Å². The molecule has 0 bridgehead atoms. The molecular weight excluding hydrogens is 480 g/mol. The van der Waals surface area contributed by atoms with Gasteiger partial charge >= 0.3 is 0 Å². The lowest BCUT2D eigenvalue weighted by atomic mass is 9.94. The molecule has 0 fully saturated rings. The number of rotatable bonds is 5. The third-order valence-corrected chi connectivity index (χ3v) is 6.66. The van der Waals surface area contributed by atoms with Crippen LogP contribution in [0.5, 0.6) is 11.5 Å². The van der Waals surface area contributed by atoms with Crippen molar-refractivity contribution < 1.29 is 14.6 Å². The third kappa shape index (κ3) is 3.95. The molecule has 0 spiro atoms. The van der Waals surface area contributed by atoms with Gasteiger partial charge in [-0.2, -0.15) is 5.10 Å². The predicted octanol–water partition coefficient (Wildman–Crippen LogP) is 4.68. The molecule has 1 aliphatic rings. The van der Waals surface area contributed by atoms with E-state index in [9.17, 15) is 9.90 Å². The molecule has 5 aromatic rings. The third-order valence-electron chi connectivity index (χ3n) is 6.66. The molecule has 0 aliphatic carbocycles. The molecule has 2 aromatic heterocycles. The number of hydrogen-bond acceptors (Lipinski definition) is 7. The number of aliphatic hydroxyl groups is 1. The minimum absolute atomic E-state index is 0.174. The normalized spacial score (nSPS) is 16.7. The highest BCUT2D eigenvalue weighted by molar-refractivity contribution is 6.02. The van der Waals surface area contributed by atoms with Gasteiger partial charge in [-0.25, -0.2) is 14.6 Å². The van der Waals surface area contributed by atoms with Gasteiger partial charge < -0.3 is 20.5 Å². The summed E-state index contributed by atoms with van der Waals surface area (Å²) in [5, 5.41) is 16.9. The number of hydrogen-bond donors (Lipinski definition) is 2. The van der Waals surface area contributed by atoms with Crippen molar-refractivity contribution in [1.82, 2.24) is 19.7 Å². The molecule has 0 radical (unpaired) electrons. The van der Waals surface area contributed by atoms with Gasteiger partial charge in [-0.05, 0) is 48.5 Å².